The number of imidazole rings is 1. The fourth-order valence-corrected chi connectivity index (χ4v) is 1.97. The van der Waals surface area contributed by atoms with Crippen LogP contribution < -0.4 is 11.4 Å². The fraction of sp³-hybridized carbons (Fsp3) is 0.250. The summed E-state index contributed by atoms with van der Waals surface area (Å²) < 4.78 is 27.8. The molecule has 2 aromatic rings. The van der Waals surface area contributed by atoms with Crippen molar-refractivity contribution in [1.82, 2.24) is 9.13 Å². The largest absolute Gasteiger partial charge is 0.493 e. The Kier molecular flexibility index (Phi) is 3.99. The average Bonchev–Trinajstić information content (AvgIpc) is 2.67. The van der Waals surface area contributed by atoms with E-state index in [1.807, 2.05) is 0 Å². The van der Waals surface area contributed by atoms with Crippen molar-refractivity contribution in [2.45, 2.75) is 13.0 Å². The fourth-order valence-electron chi connectivity index (χ4n) is 1.82. The van der Waals surface area contributed by atoms with E-state index in [0.717, 1.165) is 27.5 Å². The van der Waals surface area contributed by atoms with Crippen molar-refractivity contribution in [3.05, 3.63) is 39.7 Å². The molecule has 3 N–H and O–H groups in total. The Morgan fingerprint density at radius 2 is 2.10 bits per heavy atom. The first-order valence-corrected chi connectivity index (χ1v) is 6.15. The molecule has 0 spiro atoms. The highest BCUT2D eigenvalue weighted by molar-refractivity contribution is 6.33. The van der Waals surface area contributed by atoms with E-state index in [1.165, 1.54) is 0 Å². The summed E-state index contributed by atoms with van der Waals surface area (Å²) in [5.41, 5.74) is 4.74. The third-order valence-electron chi connectivity index (χ3n) is 2.78. The third kappa shape index (κ3) is 2.49. The summed E-state index contributed by atoms with van der Waals surface area (Å²) in [5.74, 6) is -1.26. The number of rotatable bonds is 4. The van der Waals surface area contributed by atoms with Gasteiger partial charge in [-0.3, -0.25) is 8.96 Å². The Morgan fingerprint density at radius 3 is 2.75 bits per heavy atom. The molecule has 0 aliphatic heterocycles. The second-order valence-corrected chi connectivity index (χ2v) is 4.57. The molecular weight excluding hydrogens is 292 g/mol. The van der Waals surface area contributed by atoms with E-state index in [1.54, 1.807) is 0 Å². The maximum absolute atomic E-state index is 13.9. The molecular formula is C12H12ClF2N3O2. The van der Waals surface area contributed by atoms with Gasteiger partial charge in [0.1, 0.15) is 5.82 Å². The number of alkyl halides is 1. The van der Waals surface area contributed by atoms with Gasteiger partial charge in [-0.2, -0.15) is 0 Å². The van der Waals surface area contributed by atoms with Gasteiger partial charge < -0.3 is 10.8 Å². The molecule has 0 saturated heterocycles. The van der Waals surface area contributed by atoms with Crippen LogP contribution in [0.3, 0.4) is 0 Å². The van der Waals surface area contributed by atoms with Gasteiger partial charge in [-0.1, -0.05) is 11.6 Å². The van der Waals surface area contributed by atoms with Gasteiger partial charge in [0, 0.05) is 6.54 Å². The van der Waals surface area contributed by atoms with Crippen LogP contribution in [0.25, 0.3) is 5.69 Å². The van der Waals surface area contributed by atoms with Crippen LogP contribution >= 0.6 is 11.6 Å². The Hall–Kier alpha value is -2.02. The number of nitrogen functional groups attached to an aromatic ring is 1. The van der Waals surface area contributed by atoms with Crippen LogP contribution in [0.4, 0.5) is 14.5 Å². The lowest BCUT2D eigenvalue weighted by Gasteiger charge is -2.07. The van der Waals surface area contributed by atoms with E-state index in [4.69, 9.17) is 17.3 Å². The molecule has 0 fully saturated rings. The summed E-state index contributed by atoms with van der Waals surface area (Å²) in [4.78, 5) is 12.0. The molecule has 0 amide bonds. The van der Waals surface area contributed by atoms with Gasteiger partial charge in [0.25, 0.3) is 0 Å². The highest BCUT2D eigenvalue weighted by Gasteiger charge is 2.17. The zero-order valence-electron chi connectivity index (χ0n) is 10.3. The molecule has 5 nitrogen and oxygen atoms in total. The minimum atomic E-state index is -0.801. The minimum Gasteiger partial charge on any atom is -0.493 e. The van der Waals surface area contributed by atoms with Crippen LogP contribution in [-0.4, -0.2) is 20.9 Å². The van der Waals surface area contributed by atoms with Crippen LogP contribution in [0.15, 0.2) is 23.1 Å². The van der Waals surface area contributed by atoms with Gasteiger partial charge in [0.05, 0.1) is 29.3 Å². The van der Waals surface area contributed by atoms with Gasteiger partial charge in [0.15, 0.2) is 0 Å². The zero-order valence-corrected chi connectivity index (χ0v) is 11.1. The average molecular weight is 304 g/mol. The topological polar surface area (TPSA) is 73.2 Å². The van der Waals surface area contributed by atoms with Gasteiger partial charge in [0.2, 0.25) is 5.88 Å². The molecule has 0 atom stereocenters. The number of hydrogen-bond acceptors (Lipinski definition) is 3. The molecule has 1 aromatic heterocycles. The number of halogens is 3. The van der Waals surface area contributed by atoms with E-state index < -0.39 is 24.1 Å². The van der Waals surface area contributed by atoms with Crippen molar-refractivity contribution >= 4 is 17.3 Å². The molecule has 8 heteroatoms. The lowest BCUT2D eigenvalue weighted by atomic mass is 10.2. The number of aryl methyl sites for hydroxylation is 1. The van der Waals surface area contributed by atoms with Crippen LogP contribution in [0.1, 0.15) is 6.42 Å². The number of nitrogens with zero attached hydrogens (tertiary/aromatic N) is 2. The molecule has 108 valence electrons. The molecule has 0 aliphatic carbocycles. The summed E-state index contributed by atoms with van der Waals surface area (Å²) in [6.45, 7) is -0.513. The maximum Gasteiger partial charge on any atom is 0.335 e. The van der Waals surface area contributed by atoms with E-state index in [-0.39, 0.29) is 29.4 Å². The lowest BCUT2D eigenvalue weighted by molar-refractivity contribution is 0.436. The van der Waals surface area contributed by atoms with Crippen LogP contribution in [0.2, 0.25) is 5.02 Å². The Bertz CT molecular complexity index is 697. The molecule has 1 aromatic carbocycles. The Balaban J connectivity index is 2.56. The van der Waals surface area contributed by atoms with Crippen molar-refractivity contribution < 1.29 is 13.9 Å². The maximum atomic E-state index is 13.9. The first-order chi connectivity index (χ1) is 9.45. The van der Waals surface area contributed by atoms with Crippen molar-refractivity contribution in [1.29, 1.82) is 0 Å². The summed E-state index contributed by atoms with van der Waals surface area (Å²) >= 11 is 5.66. The van der Waals surface area contributed by atoms with Crippen molar-refractivity contribution in [2.75, 3.05) is 12.4 Å². The Morgan fingerprint density at radius 1 is 1.40 bits per heavy atom. The monoisotopic (exact) mass is 303 g/mol. The number of benzene rings is 1. The number of hydrogen-bond donors (Lipinski definition) is 2. The third-order valence-corrected chi connectivity index (χ3v) is 3.10. The van der Waals surface area contributed by atoms with Crippen LogP contribution in [-0.2, 0) is 6.54 Å². The van der Waals surface area contributed by atoms with E-state index in [0.29, 0.717) is 0 Å². The molecule has 20 heavy (non-hydrogen) atoms. The molecule has 0 bridgehead atoms. The second-order valence-electron chi connectivity index (χ2n) is 4.17. The standard InChI is InChI=1S/C12H12ClF2N3O2/c13-7-4-8(15)10(5-9(7)16)18-11(19)6-17(12(18)20)3-1-2-14/h4-6,19H,1-3,16H2. The molecule has 2 rings (SSSR count). The second kappa shape index (κ2) is 5.54. The van der Waals surface area contributed by atoms with Crippen molar-refractivity contribution in [3.8, 4) is 11.6 Å². The lowest BCUT2D eigenvalue weighted by Crippen LogP contribution is -2.24. The predicted molar refractivity (Wildman–Crippen MR) is 71.7 cm³/mol. The van der Waals surface area contributed by atoms with E-state index >= 15 is 0 Å². The van der Waals surface area contributed by atoms with Crippen molar-refractivity contribution in [3.63, 3.8) is 0 Å². The number of anilines is 1. The van der Waals surface area contributed by atoms with E-state index in [2.05, 4.69) is 0 Å². The molecule has 0 saturated carbocycles. The van der Waals surface area contributed by atoms with Gasteiger partial charge in [-0.05, 0) is 18.6 Å². The van der Waals surface area contributed by atoms with Crippen LogP contribution in [0, 0.1) is 5.82 Å². The molecule has 0 aliphatic rings. The van der Waals surface area contributed by atoms with E-state index in [9.17, 15) is 18.7 Å². The summed E-state index contributed by atoms with van der Waals surface area (Å²) in [6.07, 6.45) is 1.23. The van der Waals surface area contributed by atoms with Gasteiger partial charge >= 0.3 is 5.69 Å². The molecule has 0 unspecified atom stereocenters. The number of nitrogens with two attached hydrogens (primary N) is 1. The highest BCUT2D eigenvalue weighted by Crippen LogP contribution is 2.26. The van der Waals surface area contributed by atoms with Crippen LogP contribution in [0.5, 0.6) is 5.88 Å². The zero-order chi connectivity index (χ0) is 14.9. The number of aromatic nitrogens is 2. The normalized spacial score (nSPS) is 10.9. The molecule has 0 radical (unpaired) electrons. The van der Waals surface area contributed by atoms with Gasteiger partial charge in [-0.15, -0.1) is 0 Å². The Labute approximate surface area is 117 Å². The minimum absolute atomic E-state index is 0.00986. The summed E-state index contributed by atoms with van der Waals surface area (Å²) in [6, 6.07) is 2.11. The quantitative estimate of drug-likeness (QED) is 0.849. The summed E-state index contributed by atoms with van der Waals surface area (Å²) in [7, 11) is 0. The smallest absolute Gasteiger partial charge is 0.335 e. The SMILES string of the molecule is Nc1cc(-n2c(O)cn(CCCF)c2=O)c(F)cc1Cl. The highest BCUT2D eigenvalue weighted by atomic mass is 35.5. The van der Waals surface area contributed by atoms with Crippen molar-refractivity contribution in [2.24, 2.45) is 0 Å². The first-order valence-electron chi connectivity index (χ1n) is 5.77. The summed E-state index contributed by atoms with van der Waals surface area (Å²) in [5, 5.41) is 9.77. The predicted octanol–water partition coefficient (Wildman–Crippen LogP) is 2.08. The number of aromatic hydroxyl groups is 1. The van der Waals surface area contributed by atoms with Gasteiger partial charge in [-0.25, -0.2) is 13.8 Å². The molecule has 1 heterocycles. The first kappa shape index (κ1) is 14.4.